The van der Waals surface area contributed by atoms with Gasteiger partial charge >= 0.3 is 0 Å². The van der Waals surface area contributed by atoms with E-state index in [1.165, 1.54) is 17.7 Å². The minimum Gasteiger partial charge on any atom is -0.339 e. The fourth-order valence-corrected chi connectivity index (χ4v) is 4.39. The number of hydrogen-bond acceptors (Lipinski definition) is 3. The molecule has 27 heavy (non-hydrogen) atoms. The Morgan fingerprint density at radius 1 is 1.07 bits per heavy atom. The first-order valence-corrected chi connectivity index (χ1v) is 9.69. The van der Waals surface area contributed by atoms with Crippen molar-refractivity contribution in [1.29, 1.82) is 0 Å². The molecule has 4 nitrogen and oxygen atoms in total. The lowest BCUT2D eigenvalue weighted by Gasteiger charge is -2.28. The maximum atomic E-state index is 13.2. The Morgan fingerprint density at radius 3 is 2.56 bits per heavy atom. The molecule has 2 aliphatic heterocycles. The van der Waals surface area contributed by atoms with Crippen LogP contribution in [0.25, 0.3) is 0 Å². The summed E-state index contributed by atoms with van der Waals surface area (Å²) in [6, 6.07) is 16.7. The van der Waals surface area contributed by atoms with Crippen LogP contribution in [0.1, 0.15) is 29.9 Å². The van der Waals surface area contributed by atoms with E-state index in [4.69, 9.17) is 5.73 Å². The van der Waals surface area contributed by atoms with Gasteiger partial charge in [0.1, 0.15) is 5.82 Å². The van der Waals surface area contributed by atoms with Gasteiger partial charge in [0.15, 0.2) is 0 Å². The van der Waals surface area contributed by atoms with E-state index >= 15 is 0 Å². The highest BCUT2D eigenvalue weighted by molar-refractivity contribution is 5.82. The van der Waals surface area contributed by atoms with Gasteiger partial charge in [0.2, 0.25) is 5.91 Å². The molecule has 1 amide bonds. The number of nitrogens with two attached hydrogens (primary N) is 1. The molecule has 142 valence electrons. The summed E-state index contributed by atoms with van der Waals surface area (Å²) in [7, 11) is 0. The van der Waals surface area contributed by atoms with E-state index in [9.17, 15) is 9.18 Å². The van der Waals surface area contributed by atoms with Crippen molar-refractivity contribution in [3.05, 3.63) is 71.5 Å². The van der Waals surface area contributed by atoms with Crippen LogP contribution in [0.3, 0.4) is 0 Å². The highest BCUT2D eigenvalue weighted by Crippen LogP contribution is 2.29. The van der Waals surface area contributed by atoms with Crippen LogP contribution in [0.2, 0.25) is 0 Å². The Morgan fingerprint density at radius 2 is 1.81 bits per heavy atom. The molecule has 2 heterocycles. The maximum absolute atomic E-state index is 13.2. The van der Waals surface area contributed by atoms with Crippen LogP contribution in [0.5, 0.6) is 0 Å². The number of carbonyl (C=O) groups is 1. The Bertz CT molecular complexity index is 780. The first kappa shape index (κ1) is 18.1. The van der Waals surface area contributed by atoms with E-state index in [-0.39, 0.29) is 29.7 Å². The number of carbonyl (C=O) groups excluding carboxylic acids is 1. The number of nitrogens with zero attached hydrogens (tertiary/aromatic N) is 2. The summed E-state index contributed by atoms with van der Waals surface area (Å²) in [5.74, 6) is 0.149. The van der Waals surface area contributed by atoms with E-state index in [0.29, 0.717) is 19.6 Å². The average Bonchev–Trinajstić information content (AvgIpc) is 3.30. The van der Waals surface area contributed by atoms with E-state index in [1.807, 2.05) is 23.1 Å². The first-order chi connectivity index (χ1) is 13.1. The van der Waals surface area contributed by atoms with E-state index in [0.717, 1.165) is 24.9 Å². The molecule has 0 spiro atoms. The maximum Gasteiger partial charge on any atom is 0.240 e. The summed E-state index contributed by atoms with van der Waals surface area (Å²) in [4.78, 5) is 17.4. The Labute approximate surface area is 159 Å². The molecule has 4 rings (SSSR count). The van der Waals surface area contributed by atoms with E-state index in [2.05, 4.69) is 17.0 Å². The zero-order valence-electron chi connectivity index (χ0n) is 15.4. The second-order valence-electron chi connectivity index (χ2n) is 7.68. The molecule has 2 fully saturated rings. The van der Waals surface area contributed by atoms with Crippen LogP contribution in [0.15, 0.2) is 54.6 Å². The highest BCUT2D eigenvalue weighted by Gasteiger charge is 2.39. The Hall–Kier alpha value is -2.24. The number of likely N-dealkylation sites (tertiary alicyclic amines) is 2. The number of benzene rings is 2. The third-order valence-corrected chi connectivity index (χ3v) is 5.85. The van der Waals surface area contributed by atoms with Crippen molar-refractivity contribution >= 4 is 5.91 Å². The molecule has 2 aliphatic rings. The summed E-state index contributed by atoms with van der Waals surface area (Å²) >= 11 is 0. The van der Waals surface area contributed by atoms with Crippen LogP contribution in [0, 0.1) is 5.82 Å². The van der Waals surface area contributed by atoms with Gasteiger partial charge in [-0.05, 0) is 42.6 Å². The van der Waals surface area contributed by atoms with Crippen LogP contribution in [-0.4, -0.2) is 47.4 Å². The van der Waals surface area contributed by atoms with Gasteiger partial charge in [0, 0.05) is 31.6 Å². The predicted molar refractivity (Wildman–Crippen MR) is 104 cm³/mol. The SMILES string of the molecule is N[C@@H]1CN(C(=O)C2CCCN2Cc2ccc(F)cc2)C[C@H]1c1ccccc1. The molecule has 2 aromatic carbocycles. The topological polar surface area (TPSA) is 49.6 Å². The lowest BCUT2D eigenvalue weighted by molar-refractivity contribution is -0.135. The van der Waals surface area contributed by atoms with Gasteiger partial charge in [0.05, 0.1) is 6.04 Å². The molecule has 0 aliphatic carbocycles. The van der Waals surface area contributed by atoms with Crippen LogP contribution >= 0.6 is 0 Å². The smallest absolute Gasteiger partial charge is 0.240 e. The average molecular weight is 367 g/mol. The van der Waals surface area contributed by atoms with Crippen LogP contribution in [0.4, 0.5) is 4.39 Å². The van der Waals surface area contributed by atoms with Crippen molar-refractivity contribution in [2.24, 2.45) is 5.73 Å². The second-order valence-corrected chi connectivity index (χ2v) is 7.68. The third-order valence-electron chi connectivity index (χ3n) is 5.85. The molecule has 0 aromatic heterocycles. The molecular formula is C22H26FN3O. The van der Waals surface area contributed by atoms with Gasteiger partial charge in [-0.2, -0.15) is 0 Å². The number of amides is 1. The molecule has 0 radical (unpaired) electrons. The normalized spacial score (nSPS) is 25.9. The van der Waals surface area contributed by atoms with Crippen molar-refractivity contribution in [2.75, 3.05) is 19.6 Å². The zero-order valence-corrected chi connectivity index (χ0v) is 15.4. The number of rotatable bonds is 4. The van der Waals surface area contributed by atoms with Crippen molar-refractivity contribution in [3.63, 3.8) is 0 Å². The molecule has 3 atom stereocenters. The van der Waals surface area contributed by atoms with Gasteiger partial charge < -0.3 is 10.6 Å². The molecule has 0 bridgehead atoms. The predicted octanol–water partition coefficient (Wildman–Crippen LogP) is 2.74. The zero-order chi connectivity index (χ0) is 18.8. The minimum atomic E-state index is -0.231. The molecule has 0 saturated carbocycles. The Balaban J connectivity index is 1.43. The molecule has 2 aromatic rings. The minimum absolute atomic E-state index is 0.0247. The van der Waals surface area contributed by atoms with Crippen molar-refractivity contribution in [1.82, 2.24) is 9.80 Å². The fraction of sp³-hybridized carbons (Fsp3) is 0.409. The Kier molecular flexibility index (Phi) is 5.23. The molecule has 1 unspecified atom stereocenters. The molecule has 2 saturated heterocycles. The van der Waals surface area contributed by atoms with E-state index < -0.39 is 0 Å². The summed E-state index contributed by atoms with van der Waals surface area (Å²) in [6.45, 7) is 2.87. The summed E-state index contributed by atoms with van der Waals surface area (Å²) in [5, 5.41) is 0. The van der Waals surface area contributed by atoms with Crippen molar-refractivity contribution in [3.8, 4) is 0 Å². The fourth-order valence-electron chi connectivity index (χ4n) is 4.39. The van der Waals surface area contributed by atoms with E-state index in [1.54, 1.807) is 12.1 Å². The summed E-state index contributed by atoms with van der Waals surface area (Å²) in [6.07, 6.45) is 1.89. The first-order valence-electron chi connectivity index (χ1n) is 9.69. The number of halogens is 1. The van der Waals surface area contributed by atoms with Gasteiger partial charge in [-0.15, -0.1) is 0 Å². The van der Waals surface area contributed by atoms with Crippen molar-refractivity contribution in [2.45, 2.75) is 37.4 Å². The van der Waals surface area contributed by atoms with Gasteiger partial charge in [-0.25, -0.2) is 4.39 Å². The largest absolute Gasteiger partial charge is 0.339 e. The molecule has 2 N–H and O–H groups in total. The number of hydrogen-bond donors (Lipinski definition) is 1. The van der Waals surface area contributed by atoms with Gasteiger partial charge in [-0.1, -0.05) is 42.5 Å². The molecule has 5 heteroatoms. The standard InChI is InChI=1S/C22H26FN3O/c23-18-10-8-16(9-11-18)13-25-12-4-7-21(25)22(27)26-14-19(20(24)15-26)17-5-2-1-3-6-17/h1-3,5-6,8-11,19-21H,4,7,12-15,24H2/t19-,20+,21?/m0/s1. The van der Waals surface area contributed by atoms with Crippen molar-refractivity contribution < 1.29 is 9.18 Å². The highest BCUT2D eigenvalue weighted by atomic mass is 19.1. The van der Waals surface area contributed by atoms with Gasteiger partial charge in [-0.3, -0.25) is 9.69 Å². The summed E-state index contributed by atoms with van der Waals surface area (Å²) < 4.78 is 13.1. The quantitative estimate of drug-likeness (QED) is 0.904. The van der Waals surface area contributed by atoms with Crippen LogP contribution < -0.4 is 5.73 Å². The van der Waals surface area contributed by atoms with Gasteiger partial charge in [0.25, 0.3) is 0 Å². The molecular weight excluding hydrogens is 341 g/mol. The lowest BCUT2D eigenvalue weighted by atomic mass is 9.95. The van der Waals surface area contributed by atoms with Crippen LogP contribution in [-0.2, 0) is 11.3 Å². The second kappa shape index (κ2) is 7.79. The monoisotopic (exact) mass is 367 g/mol. The third kappa shape index (κ3) is 3.89. The summed E-state index contributed by atoms with van der Waals surface area (Å²) in [5.41, 5.74) is 8.61. The lowest BCUT2D eigenvalue weighted by Crippen LogP contribution is -2.45.